The Hall–Kier alpha value is -2.55. The van der Waals surface area contributed by atoms with Crippen molar-refractivity contribution >= 4 is 18.1 Å². The molecule has 29 heavy (non-hydrogen) atoms. The van der Waals surface area contributed by atoms with E-state index in [1.807, 2.05) is 30.5 Å². The summed E-state index contributed by atoms with van der Waals surface area (Å²) in [6, 6.07) is 9.83. The van der Waals surface area contributed by atoms with Crippen LogP contribution in [0.4, 0.5) is 0 Å². The third-order valence-electron chi connectivity index (χ3n) is 6.52. The maximum atomic E-state index is 12.2. The van der Waals surface area contributed by atoms with E-state index in [-0.39, 0.29) is 0 Å². The number of pyridine rings is 1. The van der Waals surface area contributed by atoms with Crippen molar-refractivity contribution in [3.8, 4) is 11.1 Å². The van der Waals surface area contributed by atoms with Gasteiger partial charge in [0.1, 0.15) is 12.1 Å². The lowest BCUT2D eigenvalue weighted by molar-refractivity contribution is -0.124. The van der Waals surface area contributed by atoms with Crippen molar-refractivity contribution in [1.29, 1.82) is 0 Å². The van der Waals surface area contributed by atoms with Gasteiger partial charge in [0, 0.05) is 36.1 Å². The number of hydrogen-bond donors (Lipinski definition) is 0. The molecule has 0 N–H and O–H groups in total. The first kappa shape index (κ1) is 19.8. The van der Waals surface area contributed by atoms with E-state index in [0.29, 0.717) is 23.2 Å². The molecule has 2 aliphatic carbocycles. The van der Waals surface area contributed by atoms with Crippen LogP contribution < -0.4 is 0 Å². The first-order chi connectivity index (χ1) is 14.2. The van der Waals surface area contributed by atoms with Gasteiger partial charge in [-0.25, -0.2) is 0 Å². The molecule has 1 heterocycles. The predicted molar refractivity (Wildman–Crippen MR) is 117 cm³/mol. The van der Waals surface area contributed by atoms with Gasteiger partial charge < -0.3 is 0 Å². The van der Waals surface area contributed by atoms with E-state index < -0.39 is 0 Å². The molecule has 1 aromatic heterocycles. The zero-order valence-electron chi connectivity index (χ0n) is 17.2. The average Bonchev–Trinajstić information content (AvgIpc) is 3.17. The monoisotopic (exact) mass is 387 g/mol. The number of aldehydes is 1. The average molecular weight is 388 g/mol. The molecule has 3 heteroatoms. The molecule has 0 amide bonds. The summed E-state index contributed by atoms with van der Waals surface area (Å²) in [6.07, 6.45) is 13.3. The molecule has 3 nitrogen and oxygen atoms in total. The van der Waals surface area contributed by atoms with E-state index in [1.54, 1.807) is 0 Å². The number of Topliss-reactive ketones (excluding diaryl/α,β-unsaturated/α-hetero) is 1. The van der Waals surface area contributed by atoms with Crippen molar-refractivity contribution in [2.45, 2.75) is 58.3 Å². The molecule has 4 rings (SSSR count). The Bertz CT molecular complexity index is 918. The van der Waals surface area contributed by atoms with Crippen LogP contribution in [0.3, 0.4) is 0 Å². The van der Waals surface area contributed by atoms with Crippen molar-refractivity contribution in [3.63, 3.8) is 0 Å². The van der Waals surface area contributed by atoms with Crippen LogP contribution >= 0.6 is 0 Å². The zero-order valence-corrected chi connectivity index (χ0v) is 17.2. The second kappa shape index (κ2) is 8.86. The van der Waals surface area contributed by atoms with E-state index in [4.69, 9.17) is 0 Å². The number of hydrogen-bond acceptors (Lipinski definition) is 3. The lowest BCUT2D eigenvalue weighted by Crippen LogP contribution is -2.22. The van der Waals surface area contributed by atoms with Crippen LogP contribution in [0.15, 0.2) is 42.1 Å². The van der Waals surface area contributed by atoms with Crippen LogP contribution in [0.1, 0.15) is 73.5 Å². The second-order valence-electron chi connectivity index (χ2n) is 8.58. The minimum atomic E-state index is 0.309. The molecule has 2 aliphatic rings. The van der Waals surface area contributed by atoms with Crippen LogP contribution in [0.25, 0.3) is 17.2 Å². The predicted octanol–water partition coefficient (Wildman–Crippen LogP) is 6.07. The Morgan fingerprint density at radius 3 is 2.55 bits per heavy atom. The molecule has 1 saturated carbocycles. The molecule has 0 atom stereocenters. The summed E-state index contributed by atoms with van der Waals surface area (Å²) < 4.78 is 0. The molecule has 0 unspecified atom stereocenters. The molecule has 0 saturated heterocycles. The molecule has 0 radical (unpaired) electrons. The van der Waals surface area contributed by atoms with E-state index in [0.717, 1.165) is 56.1 Å². The highest BCUT2D eigenvalue weighted by atomic mass is 16.1. The maximum Gasteiger partial charge on any atom is 0.150 e. The van der Waals surface area contributed by atoms with Crippen molar-refractivity contribution in [1.82, 2.24) is 4.98 Å². The molecule has 2 aromatic rings. The fourth-order valence-corrected chi connectivity index (χ4v) is 4.92. The van der Waals surface area contributed by atoms with Gasteiger partial charge in [0.2, 0.25) is 0 Å². The van der Waals surface area contributed by atoms with E-state index >= 15 is 0 Å². The van der Waals surface area contributed by atoms with Crippen LogP contribution in [0.5, 0.6) is 0 Å². The van der Waals surface area contributed by atoms with Crippen molar-refractivity contribution in [2.75, 3.05) is 0 Å². The molecule has 0 spiro atoms. The first-order valence-corrected chi connectivity index (χ1v) is 10.9. The Kier molecular flexibility index (Phi) is 6.03. The summed E-state index contributed by atoms with van der Waals surface area (Å²) in [6.45, 7) is 2.09. The smallest absolute Gasteiger partial charge is 0.150 e. The van der Waals surface area contributed by atoms with E-state index in [2.05, 4.69) is 24.1 Å². The molecule has 150 valence electrons. The summed E-state index contributed by atoms with van der Waals surface area (Å²) in [7, 11) is 0. The van der Waals surface area contributed by atoms with Crippen LogP contribution in [-0.2, 0) is 11.2 Å². The number of ketones is 1. The molecule has 1 aromatic carbocycles. The number of carbonyl (C=O) groups is 2. The van der Waals surface area contributed by atoms with Gasteiger partial charge in [-0.2, -0.15) is 0 Å². The summed E-state index contributed by atoms with van der Waals surface area (Å²) in [4.78, 5) is 27.7. The largest absolute Gasteiger partial charge is 0.299 e. The van der Waals surface area contributed by atoms with Crippen molar-refractivity contribution < 1.29 is 9.59 Å². The van der Waals surface area contributed by atoms with Gasteiger partial charge in [-0.05, 0) is 61.6 Å². The molecular weight excluding hydrogens is 358 g/mol. The topological polar surface area (TPSA) is 47.0 Å². The Balaban J connectivity index is 1.44. The fourth-order valence-electron chi connectivity index (χ4n) is 4.92. The number of aromatic nitrogens is 1. The number of benzene rings is 1. The van der Waals surface area contributed by atoms with Gasteiger partial charge in [-0.3, -0.25) is 14.6 Å². The van der Waals surface area contributed by atoms with Crippen LogP contribution in [-0.4, -0.2) is 17.1 Å². The second-order valence-corrected chi connectivity index (χ2v) is 8.58. The highest BCUT2D eigenvalue weighted by molar-refractivity contribution is 5.82. The Morgan fingerprint density at radius 1 is 1.10 bits per heavy atom. The lowest BCUT2D eigenvalue weighted by atomic mass is 9.77. The SMILES string of the molecule is CCCC(=O)C1CCC(CC2=Cc3c(-c4ccc(C=O)cc4)ccnc3C2)CC1. The Morgan fingerprint density at radius 2 is 1.86 bits per heavy atom. The van der Waals surface area contributed by atoms with E-state index in [1.165, 1.54) is 29.5 Å². The lowest BCUT2D eigenvalue weighted by Gasteiger charge is -2.28. The van der Waals surface area contributed by atoms with Gasteiger partial charge >= 0.3 is 0 Å². The molecule has 1 fully saturated rings. The van der Waals surface area contributed by atoms with Crippen molar-refractivity contribution in [3.05, 3.63) is 58.9 Å². The number of nitrogens with zero attached hydrogens (tertiary/aromatic N) is 1. The first-order valence-electron chi connectivity index (χ1n) is 10.9. The third kappa shape index (κ3) is 4.39. The van der Waals surface area contributed by atoms with Gasteiger partial charge in [0.15, 0.2) is 0 Å². The quantitative estimate of drug-likeness (QED) is 0.542. The summed E-state index contributed by atoms with van der Waals surface area (Å²) in [5, 5.41) is 0. The minimum Gasteiger partial charge on any atom is -0.299 e. The van der Waals surface area contributed by atoms with Gasteiger partial charge in [-0.15, -0.1) is 0 Å². The van der Waals surface area contributed by atoms with Gasteiger partial charge in [0.05, 0.1) is 5.69 Å². The standard InChI is InChI=1S/C26H29NO2/c1-2-3-26(29)22-10-4-18(5-11-22)14-20-15-24-23(12-13-27-25(24)16-20)21-8-6-19(17-28)7-9-21/h6-9,12-13,15,17-18,22H,2-5,10-11,14,16H2,1H3. The normalized spacial score (nSPS) is 20.8. The fraction of sp³-hybridized carbons (Fsp3) is 0.423. The third-order valence-corrected chi connectivity index (χ3v) is 6.52. The van der Waals surface area contributed by atoms with Crippen LogP contribution in [0.2, 0.25) is 0 Å². The maximum absolute atomic E-state index is 12.2. The molecular formula is C26H29NO2. The Labute approximate surface area is 173 Å². The highest BCUT2D eigenvalue weighted by Crippen LogP contribution is 2.39. The van der Waals surface area contributed by atoms with Gasteiger partial charge in [-0.1, -0.05) is 42.8 Å². The van der Waals surface area contributed by atoms with Crippen LogP contribution in [0, 0.1) is 11.8 Å². The van der Waals surface area contributed by atoms with Gasteiger partial charge in [0.25, 0.3) is 0 Å². The number of rotatable bonds is 7. The summed E-state index contributed by atoms with van der Waals surface area (Å²) in [5.74, 6) is 1.48. The zero-order chi connectivity index (χ0) is 20.2. The number of allylic oxidation sites excluding steroid dienone is 1. The summed E-state index contributed by atoms with van der Waals surface area (Å²) >= 11 is 0. The van der Waals surface area contributed by atoms with E-state index in [9.17, 15) is 9.59 Å². The molecule has 0 bridgehead atoms. The van der Waals surface area contributed by atoms with Crippen molar-refractivity contribution in [2.24, 2.45) is 11.8 Å². The summed E-state index contributed by atoms with van der Waals surface area (Å²) in [5.41, 5.74) is 6.87. The number of fused-ring (bicyclic) bond motifs is 1. The highest BCUT2D eigenvalue weighted by Gasteiger charge is 2.27. The minimum absolute atomic E-state index is 0.309. The molecule has 0 aliphatic heterocycles. The number of carbonyl (C=O) groups excluding carboxylic acids is 2.